The van der Waals surface area contributed by atoms with E-state index in [1.807, 2.05) is 37.4 Å². The molecular formula is C18H23N3O. The Labute approximate surface area is 132 Å². The first-order valence-electron chi connectivity index (χ1n) is 7.97. The van der Waals surface area contributed by atoms with Gasteiger partial charge in [-0.25, -0.2) is 4.98 Å². The molecule has 0 aliphatic carbocycles. The fourth-order valence-electron chi connectivity index (χ4n) is 2.88. The Morgan fingerprint density at radius 1 is 1.23 bits per heavy atom. The van der Waals surface area contributed by atoms with E-state index < -0.39 is 0 Å². The number of rotatable bonds is 6. The number of nitrogens with one attached hydrogen (secondary N) is 1. The highest BCUT2D eigenvalue weighted by Crippen LogP contribution is 2.20. The number of hydrogen-bond acceptors (Lipinski definition) is 4. The van der Waals surface area contributed by atoms with Crippen molar-refractivity contribution in [3.05, 3.63) is 54.2 Å². The Bertz CT molecular complexity index is 588. The van der Waals surface area contributed by atoms with Crippen LogP contribution in [0.1, 0.15) is 18.9 Å². The molecule has 22 heavy (non-hydrogen) atoms. The lowest BCUT2D eigenvalue weighted by atomic mass is 10.2. The number of benzene rings is 1. The summed E-state index contributed by atoms with van der Waals surface area (Å²) in [7, 11) is 0. The van der Waals surface area contributed by atoms with E-state index in [1.165, 1.54) is 5.56 Å². The normalized spacial score (nSPS) is 17.7. The molecule has 1 aromatic heterocycles. The predicted octanol–water partition coefficient (Wildman–Crippen LogP) is 2.85. The molecule has 0 saturated carbocycles. The molecule has 1 aromatic carbocycles. The maximum Gasteiger partial charge on any atom is 0.128 e. The third-order valence-electron chi connectivity index (χ3n) is 4.02. The lowest BCUT2D eigenvalue weighted by molar-refractivity contribution is 0.335. The molecule has 1 aliphatic heterocycles. The van der Waals surface area contributed by atoms with Crippen LogP contribution in [0.15, 0.2) is 48.7 Å². The van der Waals surface area contributed by atoms with Crippen molar-refractivity contribution in [2.24, 2.45) is 0 Å². The minimum absolute atomic E-state index is 0.497. The zero-order valence-electron chi connectivity index (χ0n) is 13.0. The van der Waals surface area contributed by atoms with Crippen molar-refractivity contribution in [2.75, 3.05) is 24.6 Å². The Morgan fingerprint density at radius 3 is 2.91 bits per heavy atom. The molecule has 4 heteroatoms. The smallest absolute Gasteiger partial charge is 0.128 e. The summed E-state index contributed by atoms with van der Waals surface area (Å²) in [6.07, 6.45) is 3.00. The quantitative estimate of drug-likeness (QED) is 0.889. The summed E-state index contributed by atoms with van der Waals surface area (Å²) in [4.78, 5) is 6.77. The molecule has 1 unspecified atom stereocenters. The predicted molar refractivity (Wildman–Crippen MR) is 89.3 cm³/mol. The standard InChI is InChI=1S/C18H23N3O/c1-2-22-17-8-4-3-7-15(17)13-20-16-10-12-21(14-16)18-9-5-6-11-19-18/h3-9,11,16,20H,2,10,12-14H2,1H3. The summed E-state index contributed by atoms with van der Waals surface area (Å²) in [5, 5.41) is 3.65. The van der Waals surface area contributed by atoms with Crippen LogP contribution < -0.4 is 15.0 Å². The van der Waals surface area contributed by atoms with E-state index in [4.69, 9.17) is 4.74 Å². The number of aromatic nitrogens is 1. The van der Waals surface area contributed by atoms with Gasteiger partial charge < -0.3 is 15.0 Å². The molecule has 0 amide bonds. The van der Waals surface area contributed by atoms with Crippen LogP contribution in [-0.2, 0) is 6.54 Å². The Hall–Kier alpha value is -2.07. The molecule has 1 atom stereocenters. The summed E-state index contributed by atoms with van der Waals surface area (Å²) in [6, 6.07) is 14.8. The molecule has 1 fully saturated rings. The van der Waals surface area contributed by atoms with E-state index in [0.717, 1.165) is 37.6 Å². The maximum atomic E-state index is 5.68. The SMILES string of the molecule is CCOc1ccccc1CNC1CCN(c2ccccn2)C1. The molecule has 1 aliphatic rings. The van der Waals surface area contributed by atoms with Gasteiger partial charge in [-0.05, 0) is 31.5 Å². The van der Waals surface area contributed by atoms with E-state index in [2.05, 4.69) is 33.4 Å². The first-order valence-corrected chi connectivity index (χ1v) is 7.97. The van der Waals surface area contributed by atoms with Crippen molar-refractivity contribution < 1.29 is 4.74 Å². The summed E-state index contributed by atoms with van der Waals surface area (Å²) in [5.74, 6) is 2.05. The Kier molecular flexibility index (Phi) is 4.91. The number of pyridine rings is 1. The van der Waals surface area contributed by atoms with E-state index in [0.29, 0.717) is 12.6 Å². The highest BCUT2D eigenvalue weighted by atomic mass is 16.5. The summed E-state index contributed by atoms with van der Waals surface area (Å²) in [5.41, 5.74) is 1.22. The van der Waals surface area contributed by atoms with Gasteiger partial charge in [0.15, 0.2) is 0 Å². The summed E-state index contributed by atoms with van der Waals surface area (Å²) in [6.45, 7) is 5.63. The van der Waals surface area contributed by atoms with Crippen LogP contribution in [0.4, 0.5) is 5.82 Å². The van der Waals surface area contributed by atoms with Gasteiger partial charge in [-0.1, -0.05) is 24.3 Å². The van der Waals surface area contributed by atoms with E-state index >= 15 is 0 Å². The largest absolute Gasteiger partial charge is 0.494 e. The van der Waals surface area contributed by atoms with Crippen molar-refractivity contribution in [3.8, 4) is 5.75 Å². The number of anilines is 1. The molecule has 2 aromatic rings. The highest BCUT2D eigenvalue weighted by Gasteiger charge is 2.22. The number of hydrogen-bond donors (Lipinski definition) is 1. The average molecular weight is 297 g/mol. The molecule has 0 spiro atoms. The molecule has 0 bridgehead atoms. The van der Waals surface area contributed by atoms with Crippen molar-refractivity contribution >= 4 is 5.82 Å². The lowest BCUT2D eigenvalue weighted by Gasteiger charge is -2.18. The molecule has 116 valence electrons. The first kappa shape index (κ1) is 14.9. The van der Waals surface area contributed by atoms with E-state index in [9.17, 15) is 0 Å². The molecular weight excluding hydrogens is 274 g/mol. The van der Waals surface area contributed by atoms with Gasteiger partial charge >= 0.3 is 0 Å². The second-order valence-electron chi connectivity index (χ2n) is 5.54. The fraction of sp³-hybridized carbons (Fsp3) is 0.389. The van der Waals surface area contributed by atoms with Crippen LogP contribution in [-0.4, -0.2) is 30.7 Å². The maximum absolute atomic E-state index is 5.68. The molecule has 2 heterocycles. The van der Waals surface area contributed by atoms with Gasteiger partial charge in [-0.2, -0.15) is 0 Å². The van der Waals surface area contributed by atoms with Gasteiger partial charge in [0.2, 0.25) is 0 Å². The van der Waals surface area contributed by atoms with Gasteiger partial charge in [-0.15, -0.1) is 0 Å². The van der Waals surface area contributed by atoms with Crippen LogP contribution in [0.2, 0.25) is 0 Å². The van der Waals surface area contributed by atoms with Crippen LogP contribution in [0, 0.1) is 0 Å². The minimum atomic E-state index is 0.497. The number of para-hydroxylation sites is 1. The lowest BCUT2D eigenvalue weighted by Crippen LogP contribution is -2.32. The van der Waals surface area contributed by atoms with Gasteiger partial charge in [0.25, 0.3) is 0 Å². The topological polar surface area (TPSA) is 37.4 Å². The zero-order valence-corrected chi connectivity index (χ0v) is 13.0. The molecule has 1 N–H and O–H groups in total. The van der Waals surface area contributed by atoms with Crippen molar-refractivity contribution in [3.63, 3.8) is 0 Å². The average Bonchev–Trinajstić information content (AvgIpc) is 3.04. The second kappa shape index (κ2) is 7.27. The minimum Gasteiger partial charge on any atom is -0.494 e. The van der Waals surface area contributed by atoms with Crippen molar-refractivity contribution in [1.29, 1.82) is 0 Å². The van der Waals surface area contributed by atoms with Gasteiger partial charge in [0, 0.05) is 37.4 Å². The third-order valence-corrected chi connectivity index (χ3v) is 4.02. The highest BCUT2D eigenvalue weighted by molar-refractivity contribution is 5.39. The van der Waals surface area contributed by atoms with Crippen LogP contribution in [0.5, 0.6) is 5.75 Å². The third kappa shape index (κ3) is 3.57. The first-order chi connectivity index (χ1) is 10.9. The van der Waals surface area contributed by atoms with Gasteiger partial charge in [0.1, 0.15) is 11.6 Å². The Morgan fingerprint density at radius 2 is 2.09 bits per heavy atom. The molecule has 4 nitrogen and oxygen atoms in total. The van der Waals surface area contributed by atoms with Crippen molar-refractivity contribution in [1.82, 2.24) is 10.3 Å². The fourth-order valence-corrected chi connectivity index (χ4v) is 2.88. The van der Waals surface area contributed by atoms with Gasteiger partial charge in [-0.3, -0.25) is 0 Å². The molecule has 0 radical (unpaired) electrons. The van der Waals surface area contributed by atoms with Crippen molar-refractivity contribution in [2.45, 2.75) is 25.9 Å². The van der Waals surface area contributed by atoms with E-state index in [-0.39, 0.29) is 0 Å². The number of ether oxygens (including phenoxy) is 1. The van der Waals surface area contributed by atoms with Crippen LogP contribution in [0.3, 0.4) is 0 Å². The summed E-state index contributed by atoms with van der Waals surface area (Å²) >= 11 is 0. The van der Waals surface area contributed by atoms with Gasteiger partial charge in [0.05, 0.1) is 6.61 Å². The molecule has 1 saturated heterocycles. The van der Waals surface area contributed by atoms with Crippen LogP contribution >= 0.6 is 0 Å². The Balaban J connectivity index is 1.55. The summed E-state index contributed by atoms with van der Waals surface area (Å²) < 4.78 is 5.68. The van der Waals surface area contributed by atoms with E-state index in [1.54, 1.807) is 0 Å². The zero-order chi connectivity index (χ0) is 15.2. The van der Waals surface area contributed by atoms with Crippen LogP contribution in [0.25, 0.3) is 0 Å². The molecule has 3 rings (SSSR count). The second-order valence-corrected chi connectivity index (χ2v) is 5.54. The monoisotopic (exact) mass is 297 g/mol. The number of nitrogens with zero attached hydrogens (tertiary/aromatic N) is 2.